The molecular formula is C15H18O3. The molecule has 18 heavy (non-hydrogen) atoms. The number of hydrogen-bond donors (Lipinski definition) is 1. The third-order valence-corrected chi connectivity index (χ3v) is 3.35. The molecule has 0 saturated heterocycles. The summed E-state index contributed by atoms with van der Waals surface area (Å²) in [6.45, 7) is 0.109. The second-order valence-electron chi connectivity index (χ2n) is 4.66. The van der Waals surface area contributed by atoms with Crippen molar-refractivity contribution in [1.29, 1.82) is 0 Å². The Kier molecular flexibility index (Phi) is 4.15. The van der Waals surface area contributed by atoms with Crippen molar-refractivity contribution in [2.45, 2.75) is 19.3 Å². The molecule has 1 aromatic carbocycles. The predicted octanol–water partition coefficient (Wildman–Crippen LogP) is 2.44. The van der Waals surface area contributed by atoms with Gasteiger partial charge in [-0.15, -0.1) is 0 Å². The third-order valence-electron chi connectivity index (χ3n) is 3.35. The molecule has 0 amide bonds. The number of aliphatic hydroxyl groups excluding tert-OH is 1. The monoisotopic (exact) mass is 246 g/mol. The van der Waals surface area contributed by atoms with Crippen LogP contribution in [0.15, 0.2) is 29.8 Å². The lowest BCUT2D eigenvalue weighted by Gasteiger charge is -2.20. The number of hydrogen-bond acceptors (Lipinski definition) is 3. The summed E-state index contributed by atoms with van der Waals surface area (Å²) in [7, 11) is 1.63. The molecule has 0 radical (unpaired) electrons. The summed E-state index contributed by atoms with van der Waals surface area (Å²) in [4.78, 5) is 11.9. The van der Waals surface area contributed by atoms with Crippen LogP contribution in [0, 0.1) is 5.92 Å². The second kappa shape index (κ2) is 5.83. The Hall–Kier alpha value is -1.61. The van der Waals surface area contributed by atoms with Crippen molar-refractivity contribution in [3.05, 3.63) is 35.4 Å². The molecule has 0 spiro atoms. The van der Waals surface area contributed by atoms with Crippen molar-refractivity contribution < 1.29 is 14.6 Å². The summed E-state index contributed by atoms with van der Waals surface area (Å²) >= 11 is 0. The highest BCUT2D eigenvalue weighted by Crippen LogP contribution is 2.27. The number of ketones is 1. The van der Waals surface area contributed by atoms with Gasteiger partial charge in [0, 0.05) is 13.0 Å². The number of rotatable bonds is 3. The first-order valence-electron chi connectivity index (χ1n) is 6.21. The molecule has 1 aliphatic rings. The van der Waals surface area contributed by atoms with Crippen LogP contribution < -0.4 is 4.74 Å². The Morgan fingerprint density at radius 2 is 2.33 bits per heavy atom. The van der Waals surface area contributed by atoms with Crippen molar-refractivity contribution in [1.82, 2.24) is 0 Å². The van der Waals surface area contributed by atoms with Gasteiger partial charge >= 0.3 is 0 Å². The van der Waals surface area contributed by atoms with Crippen LogP contribution in [0.3, 0.4) is 0 Å². The van der Waals surface area contributed by atoms with Gasteiger partial charge in [0.1, 0.15) is 5.75 Å². The van der Waals surface area contributed by atoms with Crippen molar-refractivity contribution in [2.24, 2.45) is 5.92 Å². The van der Waals surface area contributed by atoms with E-state index < -0.39 is 0 Å². The van der Waals surface area contributed by atoms with Crippen molar-refractivity contribution in [3.8, 4) is 5.75 Å². The Bertz CT molecular complexity index is 463. The normalized spacial score (nSPS) is 22.2. The first-order valence-corrected chi connectivity index (χ1v) is 6.21. The topological polar surface area (TPSA) is 46.5 Å². The number of benzene rings is 1. The summed E-state index contributed by atoms with van der Waals surface area (Å²) in [5.41, 5.74) is 1.84. The lowest BCUT2D eigenvalue weighted by Crippen LogP contribution is -2.20. The van der Waals surface area contributed by atoms with Crippen LogP contribution in [0.2, 0.25) is 0 Å². The highest BCUT2D eigenvalue weighted by atomic mass is 16.5. The zero-order chi connectivity index (χ0) is 13.0. The van der Waals surface area contributed by atoms with Crippen LogP contribution in [0.5, 0.6) is 5.75 Å². The Morgan fingerprint density at radius 1 is 1.50 bits per heavy atom. The summed E-state index contributed by atoms with van der Waals surface area (Å²) in [5, 5.41) is 9.06. The summed E-state index contributed by atoms with van der Waals surface area (Å²) < 4.78 is 5.16. The molecule has 1 aromatic rings. The average Bonchev–Trinajstić information content (AvgIpc) is 2.41. The lowest BCUT2D eigenvalue weighted by molar-refractivity contribution is -0.117. The van der Waals surface area contributed by atoms with Gasteiger partial charge in [-0.3, -0.25) is 4.79 Å². The largest absolute Gasteiger partial charge is 0.497 e. The predicted molar refractivity (Wildman–Crippen MR) is 70.4 cm³/mol. The molecule has 1 unspecified atom stereocenters. The van der Waals surface area contributed by atoms with Gasteiger partial charge in [0.05, 0.1) is 7.11 Å². The minimum Gasteiger partial charge on any atom is -0.497 e. The first kappa shape index (κ1) is 12.8. The van der Waals surface area contributed by atoms with Gasteiger partial charge in [0.15, 0.2) is 5.78 Å². The van der Waals surface area contributed by atoms with Gasteiger partial charge in [0.2, 0.25) is 0 Å². The van der Waals surface area contributed by atoms with Crippen molar-refractivity contribution >= 4 is 11.9 Å². The molecule has 1 fully saturated rings. The van der Waals surface area contributed by atoms with Crippen molar-refractivity contribution in [2.75, 3.05) is 13.7 Å². The number of aliphatic hydroxyl groups is 1. The number of Topliss-reactive ketones (excluding diaryl/α,β-unsaturated/α-hetero) is 1. The fourth-order valence-electron chi connectivity index (χ4n) is 2.24. The quantitative estimate of drug-likeness (QED) is 0.833. The minimum atomic E-state index is 0.109. The fraction of sp³-hybridized carbons (Fsp3) is 0.400. The van der Waals surface area contributed by atoms with Crippen LogP contribution in [-0.2, 0) is 4.79 Å². The summed E-state index contributed by atoms with van der Waals surface area (Å²) in [6.07, 6.45) is 4.03. The van der Waals surface area contributed by atoms with Gasteiger partial charge in [-0.2, -0.15) is 0 Å². The summed E-state index contributed by atoms with van der Waals surface area (Å²) in [5.74, 6) is 1.09. The molecule has 0 bridgehead atoms. The maximum absolute atomic E-state index is 11.9. The van der Waals surface area contributed by atoms with Crippen LogP contribution in [0.25, 0.3) is 6.08 Å². The molecule has 3 heteroatoms. The molecule has 3 nitrogen and oxygen atoms in total. The molecular weight excluding hydrogens is 228 g/mol. The van der Waals surface area contributed by atoms with Crippen molar-refractivity contribution in [3.63, 3.8) is 0 Å². The van der Waals surface area contributed by atoms with E-state index in [1.54, 1.807) is 7.11 Å². The van der Waals surface area contributed by atoms with E-state index in [-0.39, 0.29) is 18.3 Å². The van der Waals surface area contributed by atoms with E-state index in [0.717, 1.165) is 29.7 Å². The fourth-order valence-corrected chi connectivity index (χ4v) is 2.24. The first-order chi connectivity index (χ1) is 8.72. The van der Waals surface area contributed by atoms with Crippen LogP contribution in [0.1, 0.15) is 24.8 Å². The minimum absolute atomic E-state index is 0.109. The Balaban J connectivity index is 2.15. The van der Waals surface area contributed by atoms with Gasteiger partial charge in [-0.25, -0.2) is 0 Å². The zero-order valence-electron chi connectivity index (χ0n) is 10.6. The summed E-state index contributed by atoms with van der Waals surface area (Å²) in [6, 6.07) is 7.67. The maximum Gasteiger partial charge on any atom is 0.159 e. The van der Waals surface area contributed by atoms with E-state index in [1.165, 1.54) is 0 Å². The molecule has 0 aliphatic heterocycles. The molecule has 1 saturated carbocycles. The van der Waals surface area contributed by atoms with E-state index in [0.29, 0.717) is 6.42 Å². The molecule has 1 atom stereocenters. The lowest BCUT2D eigenvalue weighted by atomic mass is 9.84. The SMILES string of the molecule is COc1cccc(/C=C2/CCC(CO)CC2=O)c1. The van der Waals surface area contributed by atoms with E-state index >= 15 is 0 Å². The highest BCUT2D eigenvalue weighted by Gasteiger charge is 2.22. The number of methoxy groups -OCH3 is 1. The van der Waals surface area contributed by atoms with E-state index in [2.05, 4.69) is 0 Å². The molecule has 1 aliphatic carbocycles. The number of allylic oxidation sites excluding steroid dienone is 1. The molecule has 0 aromatic heterocycles. The zero-order valence-corrected chi connectivity index (χ0v) is 10.6. The van der Waals surface area contributed by atoms with Gasteiger partial charge < -0.3 is 9.84 Å². The molecule has 96 valence electrons. The number of ether oxygens (including phenoxy) is 1. The Labute approximate surface area is 107 Å². The molecule has 2 rings (SSSR count). The smallest absolute Gasteiger partial charge is 0.159 e. The number of carbonyl (C=O) groups excluding carboxylic acids is 1. The average molecular weight is 246 g/mol. The van der Waals surface area contributed by atoms with Crippen LogP contribution >= 0.6 is 0 Å². The Morgan fingerprint density at radius 3 is 3.00 bits per heavy atom. The van der Waals surface area contributed by atoms with E-state index in [4.69, 9.17) is 9.84 Å². The van der Waals surface area contributed by atoms with Crippen LogP contribution in [-0.4, -0.2) is 24.6 Å². The molecule has 0 heterocycles. The maximum atomic E-state index is 11.9. The highest BCUT2D eigenvalue weighted by molar-refractivity contribution is 6.00. The number of carbonyl (C=O) groups is 1. The van der Waals surface area contributed by atoms with E-state index in [9.17, 15) is 4.79 Å². The third kappa shape index (κ3) is 2.99. The molecule has 1 N–H and O–H groups in total. The van der Waals surface area contributed by atoms with Gasteiger partial charge in [-0.1, -0.05) is 12.1 Å². The standard InChI is InChI=1S/C15H18O3/c1-18-14-4-2-3-11(8-14)7-13-6-5-12(10-16)9-15(13)17/h2-4,7-8,12,16H,5-6,9-10H2,1H3/b13-7-. The van der Waals surface area contributed by atoms with Crippen LogP contribution in [0.4, 0.5) is 0 Å². The van der Waals surface area contributed by atoms with Gasteiger partial charge in [-0.05, 0) is 48.1 Å². The van der Waals surface area contributed by atoms with E-state index in [1.807, 2.05) is 30.3 Å². The van der Waals surface area contributed by atoms with Gasteiger partial charge in [0.25, 0.3) is 0 Å². The second-order valence-corrected chi connectivity index (χ2v) is 4.66.